The van der Waals surface area contributed by atoms with Crippen molar-refractivity contribution in [2.75, 3.05) is 12.1 Å². The molecule has 0 spiro atoms. The van der Waals surface area contributed by atoms with E-state index in [1.807, 2.05) is 24.3 Å². The third-order valence-electron chi connectivity index (χ3n) is 3.29. The third-order valence-corrected chi connectivity index (χ3v) is 3.45. The number of hydrogen-bond donors (Lipinski definition) is 2. The first-order valence-electron chi connectivity index (χ1n) is 6.42. The van der Waals surface area contributed by atoms with Crippen molar-refractivity contribution in [1.82, 2.24) is 15.0 Å². The van der Waals surface area contributed by atoms with Gasteiger partial charge in [-0.15, -0.1) is 0 Å². The minimum Gasteiger partial charge on any atom is -0.454 e. The molecule has 0 atom stereocenters. The van der Waals surface area contributed by atoms with Gasteiger partial charge in [0.25, 0.3) is 0 Å². The lowest BCUT2D eigenvalue weighted by molar-refractivity contribution is 0.174. The van der Waals surface area contributed by atoms with Crippen LogP contribution in [0.4, 0.5) is 5.82 Å². The highest BCUT2D eigenvalue weighted by Gasteiger charge is 2.13. The van der Waals surface area contributed by atoms with Gasteiger partial charge in [-0.3, -0.25) is 0 Å². The molecule has 2 N–H and O–H groups in total. The number of anilines is 1. The zero-order valence-corrected chi connectivity index (χ0v) is 11.6. The number of nitrogens with zero attached hydrogens (tertiary/aromatic N) is 2. The number of aromatic nitrogens is 3. The molecule has 6 nitrogen and oxygen atoms in total. The zero-order chi connectivity index (χ0) is 14.2. The summed E-state index contributed by atoms with van der Waals surface area (Å²) in [5, 5.41) is 4.38. The Bertz CT molecular complexity index is 818. The Hall–Kier alpha value is -2.47. The van der Waals surface area contributed by atoms with Gasteiger partial charge in [0.15, 0.2) is 11.5 Å². The summed E-state index contributed by atoms with van der Waals surface area (Å²) in [7, 11) is 0. The molecule has 1 aromatic carbocycles. The number of aromatic amines is 1. The molecule has 3 aromatic rings. The van der Waals surface area contributed by atoms with Crippen LogP contribution < -0.4 is 14.8 Å². The maximum absolute atomic E-state index is 5.92. The van der Waals surface area contributed by atoms with E-state index >= 15 is 0 Å². The second kappa shape index (κ2) is 4.82. The molecule has 1 aliphatic rings. The molecule has 4 rings (SSSR count). The highest BCUT2D eigenvalue weighted by atomic mass is 35.5. The molecule has 0 amide bonds. The van der Waals surface area contributed by atoms with Gasteiger partial charge in [0.05, 0.1) is 5.39 Å². The van der Waals surface area contributed by atoms with Crippen molar-refractivity contribution < 1.29 is 9.47 Å². The van der Waals surface area contributed by atoms with Crippen molar-refractivity contribution in [3.05, 3.63) is 41.3 Å². The summed E-state index contributed by atoms with van der Waals surface area (Å²) in [6.07, 6.45) is 1.81. The van der Waals surface area contributed by atoms with Crippen molar-refractivity contribution in [3.8, 4) is 11.5 Å². The van der Waals surface area contributed by atoms with Gasteiger partial charge in [-0.05, 0) is 35.4 Å². The molecule has 3 heterocycles. The van der Waals surface area contributed by atoms with Gasteiger partial charge in [0.1, 0.15) is 11.5 Å². The smallest absolute Gasteiger partial charge is 0.231 e. The van der Waals surface area contributed by atoms with Crippen LogP contribution in [0.2, 0.25) is 5.28 Å². The van der Waals surface area contributed by atoms with E-state index in [0.29, 0.717) is 18.0 Å². The van der Waals surface area contributed by atoms with E-state index in [-0.39, 0.29) is 12.1 Å². The Morgan fingerprint density at radius 2 is 2.10 bits per heavy atom. The standard InChI is InChI=1S/C14H11ClN4O2/c15-14-18-12-9(3-4-16-12)13(19-14)17-6-8-1-2-10-11(5-8)21-7-20-10/h1-5H,6-7H2,(H2,16,17,18,19). The number of hydrogen-bond acceptors (Lipinski definition) is 5. The van der Waals surface area contributed by atoms with E-state index < -0.39 is 0 Å². The molecular weight excluding hydrogens is 292 g/mol. The molecule has 0 aliphatic carbocycles. The van der Waals surface area contributed by atoms with Crippen LogP contribution in [0.1, 0.15) is 5.56 Å². The Morgan fingerprint density at radius 1 is 1.19 bits per heavy atom. The Kier molecular flexibility index (Phi) is 2.82. The van der Waals surface area contributed by atoms with E-state index in [9.17, 15) is 0 Å². The maximum Gasteiger partial charge on any atom is 0.231 e. The van der Waals surface area contributed by atoms with E-state index in [1.54, 1.807) is 6.20 Å². The van der Waals surface area contributed by atoms with E-state index in [2.05, 4.69) is 20.3 Å². The molecule has 2 aromatic heterocycles. The van der Waals surface area contributed by atoms with E-state index in [1.165, 1.54) is 0 Å². The summed E-state index contributed by atoms with van der Waals surface area (Å²) in [5.41, 5.74) is 1.78. The SMILES string of the molecule is Clc1nc(NCc2ccc3c(c2)OCO3)c2cc[nH]c2n1. The summed E-state index contributed by atoms with van der Waals surface area (Å²) in [6, 6.07) is 7.75. The van der Waals surface area contributed by atoms with Gasteiger partial charge in [0.2, 0.25) is 12.1 Å². The lowest BCUT2D eigenvalue weighted by atomic mass is 10.2. The van der Waals surface area contributed by atoms with E-state index in [0.717, 1.165) is 22.4 Å². The topological polar surface area (TPSA) is 72.1 Å². The monoisotopic (exact) mass is 302 g/mol. The molecule has 0 saturated heterocycles. The van der Waals surface area contributed by atoms with Crippen molar-refractivity contribution in [3.63, 3.8) is 0 Å². The largest absolute Gasteiger partial charge is 0.454 e. The Balaban J connectivity index is 1.59. The summed E-state index contributed by atoms with van der Waals surface area (Å²) in [4.78, 5) is 11.4. The van der Waals surface area contributed by atoms with Crippen molar-refractivity contribution in [2.45, 2.75) is 6.54 Å². The quantitative estimate of drug-likeness (QED) is 0.728. The predicted molar refractivity (Wildman–Crippen MR) is 78.8 cm³/mol. The van der Waals surface area contributed by atoms with Crippen molar-refractivity contribution in [1.29, 1.82) is 0 Å². The van der Waals surface area contributed by atoms with Crippen molar-refractivity contribution in [2.24, 2.45) is 0 Å². The van der Waals surface area contributed by atoms with Crippen LogP contribution >= 0.6 is 11.6 Å². The van der Waals surface area contributed by atoms with Gasteiger partial charge in [0, 0.05) is 12.7 Å². The Morgan fingerprint density at radius 3 is 3.05 bits per heavy atom. The zero-order valence-electron chi connectivity index (χ0n) is 10.9. The van der Waals surface area contributed by atoms with Gasteiger partial charge >= 0.3 is 0 Å². The van der Waals surface area contributed by atoms with Gasteiger partial charge < -0.3 is 19.8 Å². The normalized spacial score (nSPS) is 12.8. The molecule has 0 saturated carbocycles. The minimum atomic E-state index is 0.207. The van der Waals surface area contributed by atoms with Crippen LogP contribution in [0.15, 0.2) is 30.5 Å². The number of H-pyrrole nitrogens is 1. The average molecular weight is 303 g/mol. The van der Waals surface area contributed by atoms with Gasteiger partial charge in [-0.2, -0.15) is 4.98 Å². The first-order chi connectivity index (χ1) is 10.3. The fraction of sp³-hybridized carbons (Fsp3) is 0.143. The molecule has 0 bridgehead atoms. The van der Waals surface area contributed by atoms with Gasteiger partial charge in [-0.25, -0.2) is 4.98 Å². The number of benzene rings is 1. The third kappa shape index (κ3) is 2.23. The highest BCUT2D eigenvalue weighted by molar-refractivity contribution is 6.28. The Labute approximate surface area is 125 Å². The molecule has 0 fully saturated rings. The number of ether oxygens (including phenoxy) is 2. The van der Waals surface area contributed by atoms with E-state index in [4.69, 9.17) is 21.1 Å². The average Bonchev–Trinajstić information content (AvgIpc) is 3.12. The molecule has 21 heavy (non-hydrogen) atoms. The molecule has 0 radical (unpaired) electrons. The molecule has 106 valence electrons. The second-order valence-corrected chi connectivity index (χ2v) is 4.96. The first-order valence-corrected chi connectivity index (χ1v) is 6.80. The number of rotatable bonds is 3. The summed E-state index contributed by atoms with van der Waals surface area (Å²) < 4.78 is 10.7. The van der Waals surface area contributed by atoms with Crippen LogP contribution in [-0.2, 0) is 6.54 Å². The fourth-order valence-electron chi connectivity index (χ4n) is 2.29. The van der Waals surface area contributed by atoms with Gasteiger partial charge in [-0.1, -0.05) is 6.07 Å². The molecular formula is C14H11ClN4O2. The molecule has 0 unspecified atom stereocenters. The molecule has 1 aliphatic heterocycles. The van der Waals surface area contributed by atoms with Crippen LogP contribution in [0, 0.1) is 0 Å². The lowest BCUT2D eigenvalue weighted by Crippen LogP contribution is -2.02. The molecule has 7 heteroatoms. The minimum absolute atomic E-state index is 0.207. The number of halogens is 1. The summed E-state index contributed by atoms with van der Waals surface area (Å²) >= 11 is 5.92. The van der Waals surface area contributed by atoms with Crippen LogP contribution in [0.25, 0.3) is 11.0 Å². The summed E-state index contributed by atoms with van der Waals surface area (Å²) in [6.45, 7) is 0.877. The maximum atomic E-state index is 5.92. The van der Waals surface area contributed by atoms with Crippen LogP contribution in [0.3, 0.4) is 0 Å². The lowest BCUT2D eigenvalue weighted by Gasteiger charge is -2.08. The highest BCUT2D eigenvalue weighted by Crippen LogP contribution is 2.32. The number of fused-ring (bicyclic) bond motifs is 2. The van der Waals surface area contributed by atoms with Crippen LogP contribution in [-0.4, -0.2) is 21.7 Å². The predicted octanol–water partition coefficient (Wildman–Crippen LogP) is 2.95. The first kappa shape index (κ1) is 12.3. The van der Waals surface area contributed by atoms with Crippen LogP contribution in [0.5, 0.6) is 11.5 Å². The fourth-order valence-corrected chi connectivity index (χ4v) is 2.45. The van der Waals surface area contributed by atoms with Crippen molar-refractivity contribution >= 4 is 28.5 Å². The number of nitrogens with one attached hydrogen (secondary N) is 2. The summed E-state index contributed by atoms with van der Waals surface area (Å²) in [5.74, 6) is 2.24. The second-order valence-electron chi connectivity index (χ2n) is 4.62.